The number of hydrogen-bond acceptors (Lipinski definition) is 4. The minimum atomic E-state index is -3.84. The molecule has 0 aliphatic carbocycles. The van der Waals surface area contributed by atoms with E-state index < -0.39 is 15.8 Å². The molecule has 0 amide bonds. The second-order valence-corrected chi connectivity index (χ2v) is 6.02. The van der Waals surface area contributed by atoms with Crippen molar-refractivity contribution >= 4 is 15.7 Å². The third-order valence-corrected chi connectivity index (χ3v) is 4.96. The Labute approximate surface area is 113 Å². The molecule has 0 aliphatic rings. The third-order valence-electron chi connectivity index (χ3n) is 2.81. The van der Waals surface area contributed by atoms with E-state index >= 15 is 0 Å². The summed E-state index contributed by atoms with van der Waals surface area (Å²) in [6.45, 7) is 3.93. The molecule has 2 N–H and O–H groups in total. The van der Waals surface area contributed by atoms with Crippen molar-refractivity contribution in [2.75, 3.05) is 26.0 Å². The molecule has 0 heterocycles. The van der Waals surface area contributed by atoms with E-state index in [4.69, 9.17) is 10.5 Å². The number of likely N-dealkylation sites (N-methyl/N-ethyl adjacent to an activating group) is 1. The van der Waals surface area contributed by atoms with Gasteiger partial charge in [0.05, 0.1) is 12.3 Å². The van der Waals surface area contributed by atoms with Crippen LogP contribution in [0.3, 0.4) is 0 Å². The summed E-state index contributed by atoms with van der Waals surface area (Å²) in [6.07, 6.45) is 0. The highest BCUT2D eigenvalue weighted by molar-refractivity contribution is 7.89. The van der Waals surface area contributed by atoms with Gasteiger partial charge in [-0.1, -0.05) is 13.0 Å². The van der Waals surface area contributed by atoms with E-state index in [1.54, 1.807) is 13.8 Å². The number of nitrogens with zero attached hydrogens (tertiary/aromatic N) is 1. The average Bonchev–Trinajstić information content (AvgIpc) is 2.33. The van der Waals surface area contributed by atoms with Gasteiger partial charge in [0.25, 0.3) is 0 Å². The molecule has 5 nitrogen and oxygen atoms in total. The maximum Gasteiger partial charge on any atom is 0.245 e. The summed E-state index contributed by atoms with van der Waals surface area (Å²) in [5, 5.41) is 0. The van der Waals surface area contributed by atoms with Crippen LogP contribution in [-0.2, 0) is 14.8 Å². The van der Waals surface area contributed by atoms with Crippen molar-refractivity contribution in [2.45, 2.75) is 24.8 Å². The molecule has 1 unspecified atom stereocenters. The van der Waals surface area contributed by atoms with E-state index in [2.05, 4.69) is 0 Å². The summed E-state index contributed by atoms with van der Waals surface area (Å²) in [6, 6.07) is 3.40. The van der Waals surface area contributed by atoms with E-state index in [1.807, 2.05) is 0 Å². The van der Waals surface area contributed by atoms with E-state index in [0.29, 0.717) is 0 Å². The van der Waals surface area contributed by atoms with Crippen LogP contribution in [0.5, 0.6) is 0 Å². The molecule has 108 valence electrons. The molecule has 1 atom stereocenters. The highest BCUT2D eigenvalue weighted by Gasteiger charge is 2.30. The van der Waals surface area contributed by atoms with Gasteiger partial charge in [0.15, 0.2) is 0 Å². The second kappa shape index (κ2) is 6.31. The molecule has 1 aromatic carbocycles. The molecule has 1 aromatic rings. The number of nitrogen functional groups attached to an aromatic ring is 1. The lowest BCUT2D eigenvalue weighted by Gasteiger charge is -2.27. The van der Waals surface area contributed by atoms with Crippen LogP contribution in [0.25, 0.3) is 0 Å². The fraction of sp³-hybridized carbons (Fsp3) is 0.500. The van der Waals surface area contributed by atoms with Crippen molar-refractivity contribution in [2.24, 2.45) is 0 Å². The maximum absolute atomic E-state index is 13.4. The summed E-state index contributed by atoms with van der Waals surface area (Å²) in [5.41, 5.74) is 5.17. The number of rotatable bonds is 6. The Bertz CT molecular complexity index is 534. The molecule has 19 heavy (non-hydrogen) atoms. The van der Waals surface area contributed by atoms with Gasteiger partial charge in [0, 0.05) is 19.7 Å². The maximum atomic E-state index is 13.4. The normalized spacial score (nSPS) is 13.7. The Morgan fingerprint density at radius 1 is 1.47 bits per heavy atom. The average molecular weight is 290 g/mol. The summed E-state index contributed by atoms with van der Waals surface area (Å²) in [7, 11) is -2.34. The Morgan fingerprint density at radius 2 is 2.11 bits per heavy atom. The molecule has 0 aromatic heterocycles. The first-order valence-corrected chi connectivity index (χ1v) is 7.35. The van der Waals surface area contributed by atoms with Crippen molar-refractivity contribution < 1.29 is 17.5 Å². The van der Waals surface area contributed by atoms with Crippen LogP contribution in [0.15, 0.2) is 23.1 Å². The molecular weight excluding hydrogens is 271 g/mol. The first-order valence-electron chi connectivity index (χ1n) is 5.91. The Balaban J connectivity index is 3.25. The van der Waals surface area contributed by atoms with Gasteiger partial charge in [-0.05, 0) is 19.1 Å². The summed E-state index contributed by atoms with van der Waals surface area (Å²) in [4.78, 5) is -0.211. The molecule has 7 heteroatoms. The molecule has 0 saturated carbocycles. The van der Waals surface area contributed by atoms with Crippen LogP contribution in [0.2, 0.25) is 0 Å². The van der Waals surface area contributed by atoms with E-state index in [-0.39, 0.29) is 29.8 Å². The Kier molecular flexibility index (Phi) is 5.28. The predicted octanol–water partition coefficient (Wildman–Crippen LogP) is 1.45. The summed E-state index contributed by atoms with van der Waals surface area (Å²) in [5.74, 6) is -0.739. The molecule has 0 aliphatic heterocycles. The van der Waals surface area contributed by atoms with Crippen molar-refractivity contribution in [3.63, 3.8) is 0 Å². The Hall–Kier alpha value is -1.18. The largest absolute Gasteiger partial charge is 0.395 e. The number of benzene rings is 1. The third kappa shape index (κ3) is 3.23. The highest BCUT2D eigenvalue weighted by atomic mass is 32.2. The quantitative estimate of drug-likeness (QED) is 0.805. The lowest BCUT2D eigenvalue weighted by Crippen LogP contribution is -2.41. The van der Waals surface area contributed by atoms with Gasteiger partial charge in [-0.2, -0.15) is 4.31 Å². The summed E-state index contributed by atoms with van der Waals surface area (Å²) < 4.78 is 44.5. The fourth-order valence-electron chi connectivity index (χ4n) is 1.91. The lowest BCUT2D eigenvalue weighted by atomic mass is 10.3. The molecular formula is C12H19FN2O3S. The van der Waals surface area contributed by atoms with Crippen LogP contribution in [0.4, 0.5) is 10.1 Å². The van der Waals surface area contributed by atoms with E-state index in [9.17, 15) is 12.8 Å². The van der Waals surface area contributed by atoms with Crippen LogP contribution in [-0.4, -0.2) is 39.0 Å². The molecule has 0 fully saturated rings. The van der Waals surface area contributed by atoms with Gasteiger partial charge in [-0.25, -0.2) is 12.8 Å². The zero-order chi connectivity index (χ0) is 14.6. The smallest absolute Gasteiger partial charge is 0.245 e. The monoisotopic (exact) mass is 290 g/mol. The van der Waals surface area contributed by atoms with Crippen molar-refractivity contribution in [1.82, 2.24) is 4.31 Å². The second-order valence-electron chi connectivity index (χ2n) is 4.16. The van der Waals surface area contributed by atoms with Crippen LogP contribution >= 0.6 is 0 Å². The van der Waals surface area contributed by atoms with Gasteiger partial charge < -0.3 is 10.5 Å². The van der Waals surface area contributed by atoms with Gasteiger partial charge in [-0.15, -0.1) is 0 Å². The predicted molar refractivity (Wildman–Crippen MR) is 71.7 cm³/mol. The van der Waals surface area contributed by atoms with E-state index in [1.165, 1.54) is 23.5 Å². The van der Waals surface area contributed by atoms with Crippen molar-refractivity contribution in [3.05, 3.63) is 24.0 Å². The van der Waals surface area contributed by atoms with Crippen molar-refractivity contribution in [3.8, 4) is 0 Å². The number of anilines is 1. The zero-order valence-corrected chi connectivity index (χ0v) is 12.1. The molecule has 0 bridgehead atoms. The van der Waals surface area contributed by atoms with Crippen molar-refractivity contribution in [1.29, 1.82) is 0 Å². The first kappa shape index (κ1) is 15.9. The van der Waals surface area contributed by atoms with Gasteiger partial charge in [-0.3, -0.25) is 0 Å². The topological polar surface area (TPSA) is 72.6 Å². The minimum Gasteiger partial charge on any atom is -0.395 e. The molecule has 0 saturated heterocycles. The minimum absolute atomic E-state index is 0.211. The fourth-order valence-corrected chi connectivity index (χ4v) is 3.66. The number of hydrogen-bond donors (Lipinski definition) is 1. The first-order chi connectivity index (χ1) is 8.86. The molecule has 0 radical (unpaired) electrons. The number of halogens is 1. The standard InChI is InChI=1S/C12H19FN2O3S/c1-4-15(9(2)8-18-3)19(16,17)11-7-5-6-10(13)12(11)14/h5-7,9H,4,8,14H2,1-3H3. The van der Waals surface area contributed by atoms with Gasteiger partial charge in [0.1, 0.15) is 10.7 Å². The number of methoxy groups -OCH3 is 1. The van der Waals surface area contributed by atoms with Crippen LogP contribution < -0.4 is 5.73 Å². The van der Waals surface area contributed by atoms with Crippen LogP contribution in [0.1, 0.15) is 13.8 Å². The van der Waals surface area contributed by atoms with Crippen LogP contribution in [0, 0.1) is 5.82 Å². The number of para-hydroxylation sites is 1. The van der Waals surface area contributed by atoms with Gasteiger partial charge in [0.2, 0.25) is 10.0 Å². The number of ether oxygens (including phenoxy) is 1. The highest BCUT2D eigenvalue weighted by Crippen LogP contribution is 2.25. The number of nitrogens with two attached hydrogens (primary N) is 1. The summed E-state index contributed by atoms with van der Waals surface area (Å²) >= 11 is 0. The van der Waals surface area contributed by atoms with Gasteiger partial charge >= 0.3 is 0 Å². The zero-order valence-electron chi connectivity index (χ0n) is 11.3. The number of sulfonamides is 1. The molecule has 0 spiro atoms. The Morgan fingerprint density at radius 3 is 2.63 bits per heavy atom. The lowest BCUT2D eigenvalue weighted by molar-refractivity contribution is 0.142. The molecule has 1 rings (SSSR count). The SMILES string of the molecule is CCN(C(C)COC)S(=O)(=O)c1cccc(F)c1N. The van der Waals surface area contributed by atoms with E-state index in [0.717, 1.165) is 6.07 Å².